The van der Waals surface area contributed by atoms with E-state index in [-0.39, 0.29) is 6.42 Å². The fraction of sp³-hybridized carbons (Fsp3) is 0.364. The summed E-state index contributed by atoms with van der Waals surface area (Å²) in [5.41, 5.74) is 7.15. The van der Waals surface area contributed by atoms with E-state index in [9.17, 15) is 9.59 Å². The summed E-state index contributed by atoms with van der Waals surface area (Å²) < 4.78 is 0. The Morgan fingerprint density at radius 2 is 1.57 bits per heavy atom. The summed E-state index contributed by atoms with van der Waals surface area (Å²) in [5, 5.41) is 3.14. The van der Waals surface area contributed by atoms with Gasteiger partial charge in [0.05, 0.1) is 0 Å². The van der Waals surface area contributed by atoms with Gasteiger partial charge in [0.15, 0.2) is 0 Å². The van der Waals surface area contributed by atoms with Crippen molar-refractivity contribution in [2.45, 2.75) is 33.6 Å². The molecule has 0 fully saturated rings. The monoisotopic (exact) mass is 444 g/mol. The molecule has 0 saturated carbocycles. The van der Waals surface area contributed by atoms with Crippen molar-refractivity contribution in [3.8, 4) is 0 Å². The Morgan fingerprint density at radius 1 is 1.00 bits per heavy atom. The smallest absolute Gasteiger partial charge is 0.248 e. The molecule has 1 atom stereocenters. The minimum Gasteiger partial charge on any atom is -0.274 e. The highest BCUT2D eigenvalue weighted by Gasteiger charge is 2.19. The molecule has 1 aliphatic rings. The average Bonchev–Trinajstić information content (AvgIpc) is 2.76. The van der Waals surface area contributed by atoms with Crippen molar-refractivity contribution < 1.29 is 9.59 Å². The standard InChI is InChI=1S/C22H28N4O2S2/c1-4-25(21(29)17-9-7-6-8-10-17)23-19(27)15-20(28)24-26(5-2)22(30)18-13-11-16(3)12-14-18/h6-11,13-14,16H,4-5,12,15H2,1-3H3,(H,23,27)(H,24,28). The van der Waals surface area contributed by atoms with Crippen LogP contribution in [0.4, 0.5) is 0 Å². The molecule has 0 saturated heterocycles. The molecule has 0 aliphatic heterocycles. The molecular weight excluding hydrogens is 416 g/mol. The third kappa shape index (κ3) is 6.74. The highest BCUT2D eigenvalue weighted by molar-refractivity contribution is 7.81. The second kappa shape index (κ2) is 11.6. The predicted octanol–water partition coefficient (Wildman–Crippen LogP) is 3.31. The van der Waals surface area contributed by atoms with Crippen molar-refractivity contribution in [2.24, 2.45) is 5.92 Å². The molecule has 0 spiro atoms. The third-order valence-corrected chi connectivity index (χ3v) is 5.46. The molecule has 6 nitrogen and oxygen atoms in total. The number of carbonyl (C=O) groups excluding carboxylic acids is 2. The first-order valence-electron chi connectivity index (χ1n) is 10.0. The van der Waals surface area contributed by atoms with Crippen LogP contribution in [-0.2, 0) is 9.59 Å². The maximum atomic E-state index is 12.4. The zero-order valence-electron chi connectivity index (χ0n) is 17.6. The first-order chi connectivity index (χ1) is 14.3. The highest BCUT2D eigenvalue weighted by Crippen LogP contribution is 2.17. The van der Waals surface area contributed by atoms with Gasteiger partial charge in [0, 0.05) is 24.2 Å². The van der Waals surface area contributed by atoms with Crippen LogP contribution in [-0.4, -0.2) is 44.9 Å². The number of nitrogens with zero attached hydrogens (tertiary/aromatic N) is 2. The van der Waals surface area contributed by atoms with Crippen LogP contribution >= 0.6 is 24.4 Å². The maximum Gasteiger partial charge on any atom is 0.248 e. The summed E-state index contributed by atoms with van der Waals surface area (Å²) in [7, 11) is 0. The van der Waals surface area contributed by atoms with E-state index in [1.54, 1.807) is 10.0 Å². The number of hydrazine groups is 2. The Kier molecular flexibility index (Phi) is 9.14. The van der Waals surface area contributed by atoms with Crippen molar-refractivity contribution in [2.75, 3.05) is 13.1 Å². The summed E-state index contributed by atoms with van der Waals surface area (Å²) in [5.74, 6) is -0.402. The number of benzene rings is 1. The quantitative estimate of drug-likeness (QED) is 0.399. The Labute approximate surface area is 188 Å². The fourth-order valence-electron chi connectivity index (χ4n) is 2.85. The van der Waals surface area contributed by atoms with Crippen LogP contribution in [0, 0.1) is 5.92 Å². The van der Waals surface area contributed by atoms with Crippen LogP contribution in [0.1, 0.15) is 39.2 Å². The lowest BCUT2D eigenvalue weighted by atomic mass is 9.98. The van der Waals surface area contributed by atoms with Crippen molar-refractivity contribution >= 4 is 46.2 Å². The van der Waals surface area contributed by atoms with E-state index >= 15 is 0 Å². The van der Waals surface area contributed by atoms with Gasteiger partial charge in [-0.3, -0.25) is 30.5 Å². The molecule has 30 heavy (non-hydrogen) atoms. The largest absolute Gasteiger partial charge is 0.274 e. The first-order valence-corrected chi connectivity index (χ1v) is 10.8. The molecule has 2 rings (SSSR count). The van der Waals surface area contributed by atoms with Crippen molar-refractivity contribution in [3.63, 3.8) is 0 Å². The zero-order valence-corrected chi connectivity index (χ0v) is 19.2. The molecule has 1 aromatic carbocycles. The van der Waals surface area contributed by atoms with Crippen LogP contribution in [0.2, 0.25) is 0 Å². The number of rotatable bonds is 6. The molecule has 0 aromatic heterocycles. The first kappa shape index (κ1) is 23.7. The van der Waals surface area contributed by atoms with Crippen molar-refractivity contribution in [1.29, 1.82) is 0 Å². The lowest BCUT2D eigenvalue weighted by Gasteiger charge is -2.27. The van der Waals surface area contributed by atoms with Gasteiger partial charge >= 0.3 is 0 Å². The molecule has 1 aliphatic carbocycles. The lowest BCUT2D eigenvalue weighted by molar-refractivity contribution is -0.132. The van der Waals surface area contributed by atoms with Gasteiger partial charge in [0.1, 0.15) is 16.4 Å². The van der Waals surface area contributed by atoms with E-state index < -0.39 is 11.8 Å². The summed E-state index contributed by atoms with van der Waals surface area (Å²) in [6, 6.07) is 9.41. The molecule has 1 aromatic rings. The van der Waals surface area contributed by atoms with Gasteiger partial charge in [-0.2, -0.15) is 0 Å². The molecule has 0 bridgehead atoms. The number of hydrogen-bond donors (Lipinski definition) is 2. The number of nitrogens with one attached hydrogen (secondary N) is 2. The summed E-state index contributed by atoms with van der Waals surface area (Å²) in [6.45, 7) is 6.86. The van der Waals surface area contributed by atoms with Gasteiger partial charge in [-0.05, 0) is 26.2 Å². The van der Waals surface area contributed by atoms with Gasteiger partial charge < -0.3 is 0 Å². The van der Waals surface area contributed by atoms with Crippen LogP contribution in [0.15, 0.2) is 54.1 Å². The normalized spacial score (nSPS) is 15.0. The van der Waals surface area contributed by atoms with Crippen molar-refractivity contribution in [1.82, 2.24) is 20.9 Å². The summed E-state index contributed by atoms with van der Waals surface area (Å²) >= 11 is 11.0. The maximum absolute atomic E-state index is 12.4. The van der Waals surface area contributed by atoms with Gasteiger partial charge in [-0.1, -0.05) is 79.9 Å². The Morgan fingerprint density at radius 3 is 2.07 bits per heavy atom. The molecule has 0 heterocycles. The fourth-order valence-corrected chi connectivity index (χ4v) is 3.49. The molecule has 160 valence electrons. The highest BCUT2D eigenvalue weighted by atomic mass is 32.1. The Balaban J connectivity index is 1.91. The Hall–Kier alpha value is -2.58. The van der Waals surface area contributed by atoms with Crippen LogP contribution in [0.5, 0.6) is 0 Å². The predicted molar refractivity (Wildman–Crippen MR) is 127 cm³/mol. The summed E-state index contributed by atoms with van der Waals surface area (Å²) in [6.07, 6.45) is 6.71. The van der Waals surface area contributed by atoms with Gasteiger partial charge in [0.2, 0.25) is 11.8 Å². The Bertz CT molecular complexity index is 852. The zero-order chi connectivity index (χ0) is 22.1. The molecular formula is C22H28N4O2S2. The van der Waals surface area contributed by atoms with E-state index in [1.807, 2.05) is 50.3 Å². The summed E-state index contributed by atoms with van der Waals surface area (Å²) in [4.78, 5) is 25.8. The topological polar surface area (TPSA) is 64.7 Å². The van der Waals surface area contributed by atoms with Gasteiger partial charge in [-0.25, -0.2) is 0 Å². The van der Waals surface area contributed by atoms with Crippen molar-refractivity contribution in [3.05, 3.63) is 59.7 Å². The van der Waals surface area contributed by atoms with Crippen LogP contribution in [0.3, 0.4) is 0 Å². The van der Waals surface area contributed by atoms with Crippen LogP contribution < -0.4 is 10.9 Å². The van der Waals surface area contributed by atoms with Gasteiger partial charge in [-0.15, -0.1) is 0 Å². The SMILES string of the molecule is CCN(NC(=O)CC(=O)NN(CC)C(=S)c1ccccc1)C(=S)C1=CCC(C)C=C1. The van der Waals surface area contributed by atoms with E-state index in [4.69, 9.17) is 24.4 Å². The number of carbonyl (C=O) groups is 2. The molecule has 1 unspecified atom stereocenters. The minimum atomic E-state index is -0.444. The molecule has 8 heteroatoms. The number of allylic oxidation sites excluding steroid dienone is 2. The van der Waals surface area contributed by atoms with E-state index in [2.05, 4.69) is 29.9 Å². The second-order valence-corrected chi connectivity index (χ2v) is 7.72. The number of thiocarbonyl (C=S) groups is 2. The minimum absolute atomic E-state index is 0.334. The van der Waals surface area contributed by atoms with E-state index in [0.717, 1.165) is 17.6 Å². The number of hydrogen-bond acceptors (Lipinski definition) is 4. The average molecular weight is 445 g/mol. The molecule has 2 amide bonds. The molecule has 0 radical (unpaired) electrons. The lowest BCUT2D eigenvalue weighted by Crippen LogP contribution is -2.49. The third-order valence-electron chi connectivity index (χ3n) is 4.54. The van der Waals surface area contributed by atoms with Gasteiger partial charge in [0.25, 0.3) is 0 Å². The second-order valence-electron chi connectivity index (χ2n) is 6.94. The number of amides is 2. The van der Waals surface area contributed by atoms with E-state index in [0.29, 0.717) is 29.0 Å². The van der Waals surface area contributed by atoms with Crippen LogP contribution in [0.25, 0.3) is 0 Å². The molecule has 2 N–H and O–H groups in total. The van der Waals surface area contributed by atoms with E-state index in [1.165, 1.54) is 0 Å². The number of likely N-dealkylation sites (N-methyl/N-ethyl adjacent to an activating group) is 1.